The molecule has 1 aliphatic carbocycles. The first-order valence-corrected chi connectivity index (χ1v) is 11.0. The van der Waals surface area contributed by atoms with Gasteiger partial charge in [-0.3, -0.25) is 9.47 Å². The van der Waals surface area contributed by atoms with E-state index in [2.05, 4.69) is 73.1 Å². The first-order chi connectivity index (χ1) is 14.0. The maximum atomic E-state index is 4.70. The number of hydrogen-bond donors (Lipinski definition) is 0. The zero-order valence-electron chi connectivity index (χ0n) is 18.4. The molecule has 1 saturated heterocycles. The van der Waals surface area contributed by atoms with Gasteiger partial charge in [-0.1, -0.05) is 36.4 Å². The number of para-hydroxylation sites is 1. The fourth-order valence-electron chi connectivity index (χ4n) is 5.20. The van der Waals surface area contributed by atoms with Gasteiger partial charge in [-0.05, 0) is 89.0 Å². The van der Waals surface area contributed by atoms with Crippen LogP contribution in [-0.2, 0) is 0 Å². The molecule has 0 saturated carbocycles. The van der Waals surface area contributed by atoms with Gasteiger partial charge in [0.25, 0.3) is 0 Å². The average Bonchev–Trinajstić information content (AvgIpc) is 3.33. The van der Waals surface area contributed by atoms with Crippen molar-refractivity contribution in [1.29, 1.82) is 0 Å². The van der Waals surface area contributed by atoms with Crippen molar-refractivity contribution in [3.63, 3.8) is 0 Å². The third-order valence-electron chi connectivity index (χ3n) is 6.93. The Kier molecular flexibility index (Phi) is 5.73. The van der Waals surface area contributed by atoms with Crippen molar-refractivity contribution in [2.24, 2.45) is 5.92 Å². The summed E-state index contributed by atoms with van der Waals surface area (Å²) >= 11 is 0. The van der Waals surface area contributed by atoms with Crippen LogP contribution in [0.2, 0.25) is 0 Å². The highest BCUT2D eigenvalue weighted by atomic mass is 15.3. The van der Waals surface area contributed by atoms with E-state index in [0.29, 0.717) is 12.0 Å². The van der Waals surface area contributed by atoms with Gasteiger partial charge in [0, 0.05) is 6.04 Å². The predicted molar refractivity (Wildman–Crippen MR) is 119 cm³/mol. The maximum Gasteiger partial charge on any atom is 0.159 e. The van der Waals surface area contributed by atoms with Crippen LogP contribution in [-0.4, -0.2) is 32.3 Å². The standard InChI is InChI=1S/C25H34N4/c1-17(2)21-11-13-22(14-12-21)24(28-15-7-10-20(28)5)25-27-26-16-29(25)23-18(3)8-6-9-19(23)4/h6,8-9,13,16,20-21,24H,1,7,10-12,14-15H2,2-5H3. The number of aryl methyl sites for hydroxylation is 2. The molecule has 0 N–H and O–H groups in total. The van der Waals surface area contributed by atoms with Crippen LogP contribution in [0.3, 0.4) is 0 Å². The van der Waals surface area contributed by atoms with E-state index in [1.54, 1.807) is 0 Å². The fraction of sp³-hybridized carbons (Fsp3) is 0.520. The number of hydrogen-bond acceptors (Lipinski definition) is 3. The Bertz CT molecular complexity index is 902. The van der Waals surface area contributed by atoms with Crippen molar-refractivity contribution in [1.82, 2.24) is 19.7 Å². The van der Waals surface area contributed by atoms with E-state index in [1.807, 2.05) is 6.33 Å². The summed E-state index contributed by atoms with van der Waals surface area (Å²) in [5.74, 6) is 1.68. The van der Waals surface area contributed by atoms with Crippen molar-refractivity contribution in [2.75, 3.05) is 6.54 Å². The van der Waals surface area contributed by atoms with Gasteiger partial charge in [-0.2, -0.15) is 0 Å². The molecule has 29 heavy (non-hydrogen) atoms. The lowest BCUT2D eigenvalue weighted by molar-refractivity contribution is 0.200. The highest BCUT2D eigenvalue weighted by Crippen LogP contribution is 2.41. The Labute approximate surface area is 175 Å². The summed E-state index contributed by atoms with van der Waals surface area (Å²) in [4.78, 5) is 2.65. The quantitative estimate of drug-likeness (QED) is 0.613. The SMILES string of the molecule is C=C(C)C1CC=C(C(c2nncn2-c2c(C)cccc2C)N2CCCC2C)CC1. The number of aromatic nitrogens is 3. The molecule has 2 aliphatic rings. The van der Waals surface area contributed by atoms with Gasteiger partial charge in [0.15, 0.2) is 5.82 Å². The zero-order chi connectivity index (χ0) is 20.5. The van der Waals surface area contributed by atoms with Gasteiger partial charge in [0.2, 0.25) is 0 Å². The Morgan fingerprint density at radius 1 is 1.21 bits per heavy atom. The molecule has 1 aliphatic heterocycles. The van der Waals surface area contributed by atoms with Gasteiger partial charge < -0.3 is 0 Å². The lowest BCUT2D eigenvalue weighted by Crippen LogP contribution is -2.35. The van der Waals surface area contributed by atoms with Crippen LogP contribution in [0.5, 0.6) is 0 Å². The van der Waals surface area contributed by atoms with E-state index in [-0.39, 0.29) is 6.04 Å². The number of benzene rings is 1. The van der Waals surface area contributed by atoms with E-state index in [1.165, 1.54) is 47.2 Å². The van der Waals surface area contributed by atoms with Crippen LogP contribution in [0.15, 0.2) is 48.3 Å². The highest BCUT2D eigenvalue weighted by molar-refractivity contribution is 5.48. The summed E-state index contributed by atoms with van der Waals surface area (Å²) in [6.07, 6.45) is 10.3. The molecule has 0 bridgehead atoms. The molecule has 4 rings (SSSR count). The van der Waals surface area contributed by atoms with E-state index < -0.39 is 0 Å². The first kappa shape index (κ1) is 20.1. The molecule has 3 atom stereocenters. The van der Waals surface area contributed by atoms with Crippen LogP contribution >= 0.6 is 0 Å². The molecular weight excluding hydrogens is 356 g/mol. The summed E-state index contributed by atoms with van der Waals surface area (Å²) in [5, 5.41) is 9.08. The third kappa shape index (κ3) is 3.83. The number of likely N-dealkylation sites (tertiary alicyclic amines) is 1. The Morgan fingerprint density at radius 2 is 1.97 bits per heavy atom. The van der Waals surface area contributed by atoms with Crippen LogP contribution in [0.4, 0.5) is 0 Å². The largest absolute Gasteiger partial charge is 0.287 e. The van der Waals surface area contributed by atoms with E-state index in [9.17, 15) is 0 Å². The molecule has 154 valence electrons. The minimum absolute atomic E-state index is 0.208. The second-order valence-corrected chi connectivity index (χ2v) is 9.03. The van der Waals surface area contributed by atoms with Crippen LogP contribution in [0, 0.1) is 19.8 Å². The molecule has 2 heterocycles. The smallest absolute Gasteiger partial charge is 0.159 e. The number of nitrogens with zero attached hydrogens (tertiary/aromatic N) is 4. The van der Waals surface area contributed by atoms with E-state index in [4.69, 9.17) is 5.10 Å². The number of allylic oxidation sites excluding steroid dienone is 2. The Morgan fingerprint density at radius 3 is 2.55 bits per heavy atom. The monoisotopic (exact) mass is 390 g/mol. The normalized spacial score (nSPS) is 23.8. The molecule has 0 amide bonds. The van der Waals surface area contributed by atoms with Gasteiger partial charge in [-0.25, -0.2) is 0 Å². The van der Waals surface area contributed by atoms with Crippen LogP contribution in [0.25, 0.3) is 5.69 Å². The summed E-state index contributed by atoms with van der Waals surface area (Å²) in [6.45, 7) is 14.2. The lowest BCUT2D eigenvalue weighted by atomic mass is 9.82. The summed E-state index contributed by atoms with van der Waals surface area (Å²) in [6, 6.07) is 7.26. The molecule has 2 aromatic rings. The molecule has 1 aromatic carbocycles. The average molecular weight is 391 g/mol. The van der Waals surface area contributed by atoms with Crippen LogP contribution < -0.4 is 0 Å². The first-order valence-electron chi connectivity index (χ1n) is 11.0. The second kappa shape index (κ2) is 8.27. The van der Waals surface area contributed by atoms with Gasteiger partial charge in [0.1, 0.15) is 6.33 Å². The topological polar surface area (TPSA) is 34.0 Å². The van der Waals surface area contributed by atoms with Gasteiger partial charge in [0.05, 0.1) is 11.7 Å². The Hall–Kier alpha value is -2.20. The van der Waals surface area contributed by atoms with Crippen molar-refractivity contribution in [3.05, 3.63) is 65.3 Å². The lowest BCUT2D eigenvalue weighted by Gasteiger charge is -2.35. The Balaban J connectivity index is 1.78. The molecular formula is C25H34N4. The fourth-order valence-corrected chi connectivity index (χ4v) is 5.20. The maximum absolute atomic E-state index is 4.70. The minimum atomic E-state index is 0.208. The summed E-state index contributed by atoms with van der Waals surface area (Å²) in [5.41, 5.74) is 6.57. The van der Waals surface area contributed by atoms with Gasteiger partial charge >= 0.3 is 0 Å². The van der Waals surface area contributed by atoms with E-state index >= 15 is 0 Å². The number of rotatable bonds is 5. The highest BCUT2D eigenvalue weighted by Gasteiger charge is 2.36. The summed E-state index contributed by atoms with van der Waals surface area (Å²) in [7, 11) is 0. The molecule has 0 radical (unpaired) electrons. The zero-order valence-corrected chi connectivity index (χ0v) is 18.4. The third-order valence-corrected chi connectivity index (χ3v) is 6.93. The van der Waals surface area contributed by atoms with Crippen molar-refractivity contribution in [3.8, 4) is 5.69 Å². The van der Waals surface area contributed by atoms with E-state index in [0.717, 1.165) is 25.2 Å². The van der Waals surface area contributed by atoms with Crippen LogP contribution in [0.1, 0.15) is 68.9 Å². The van der Waals surface area contributed by atoms with Crippen molar-refractivity contribution < 1.29 is 0 Å². The van der Waals surface area contributed by atoms with Gasteiger partial charge in [-0.15, -0.1) is 10.2 Å². The second-order valence-electron chi connectivity index (χ2n) is 9.03. The molecule has 3 unspecified atom stereocenters. The predicted octanol–water partition coefficient (Wildman–Crippen LogP) is 5.71. The molecule has 1 fully saturated rings. The summed E-state index contributed by atoms with van der Waals surface area (Å²) < 4.78 is 2.24. The molecule has 4 heteroatoms. The minimum Gasteiger partial charge on any atom is -0.287 e. The van der Waals surface area contributed by atoms with Crippen molar-refractivity contribution >= 4 is 0 Å². The molecule has 1 aromatic heterocycles. The molecule has 0 spiro atoms. The molecule has 4 nitrogen and oxygen atoms in total. The van der Waals surface area contributed by atoms with Crippen molar-refractivity contribution in [2.45, 2.75) is 71.9 Å².